The van der Waals surface area contributed by atoms with Crippen LogP contribution in [0.25, 0.3) is 0 Å². The van der Waals surface area contributed by atoms with Gasteiger partial charge in [-0.15, -0.1) is 0 Å². The molecule has 1 aliphatic rings. The number of carbonyl (C=O) groups excluding carboxylic acids is 2. The molecule has 0 aliphatic carbocycles. The number of carbonyl (C=O) groups is 2. The first-order valence-corrected chi connectivity index (χ1v) is 10.4. The third-order valence-electron chi connectivity index (χ3n) is 4.67. The van der Waals surface area contributed by atoms with E-state index in [4.69, 9.17) is 4.74 Å². The number of rotatable bonds is 4. The minimum Gasteiger partial charge on any atom is -0.427 e. The molecule has 2 aromatic carbocycles. The minimum atomic E-state index is -3.56. The highest BCUT2D eigenvalue weighted by Crippen LogP contribution is 2.26. The zero-order chi connectivity index (χ0) is 20.3. The van der Waals surface area contributed by atoms with Crippen LogP contribution in [0.4, 0.5) is 4.39 Å². The van der Waals surface area contributed by atoms with Gasteiger partial charge in [-0.2, -0.15) is 0 Å². The summed E-state index contributed by atoms with van der Waals surface area (Å²) in [7, 11) is -3.56. The van der Waals surface area contributed by atoms with E-state index in [1.54, 1.807) is 29.2 Å². The van der Waals surface area contributed by atoms with Gasteiger partial charge in [-0.25, -0.2) is 12.8 Å². The highest BCUT2D eigenvalue weighted by atomic mass is 32.2. The average Bonchev–Trinajstić information content (AvgIpc) is 2.68. The predicted molar refractivity (Wildman–Crippen MR) is 100 cm³/mol. The van der Waals surface area contributed by atoms with Gasteiger partial charge in [0.05, 0.1) is 10.1 Å². The van der Waals surface area contributed by atoms with Gasteiger partial charge in [-0.1, -0.05) is 0 Å². The lowest BCUT2D eigenvalue weighted by atomic mass is 10.1. The molecule has 1 heterocycles. The lowest BCUT2D eigenvalue weighted by molar-refractivity contribution is -0.131. The molecular weight excluding hydrogens is 385 g/mol. The van der Waals surface area contributed by atoms with Crippen molar-refractivity contribution in [3.8, 4) is 5.75 Å². The van der Waals surface area contributed by atoms with Crippen molar-refractivity contribution in [3.05, 3.63) is 59.9 Å². The number of piperidine rings is 1. The molecule has 8 heteroatoms. The summed E-state index contributed by atoms with van der Waals surface area (Å²) in [4.78, 5) is 25.3. The van der Waals surface area contributed by atoms with E-state index in [9.17, 15) is 22.4 Å². The molecule has 0 N–H and O–H groups in total. The standard InChI is InChI=1S/C20H20FNO5S/c1-14(23)27-17-6-2-15(3-7-17)20(24)22-12-10-19(11-13-22)28(25,26)18-8-4-16(21)5-9-18/h2-9,19H,10-13H2,1H3. The monoisotopic (exact) mass is 405 g/mol. The molecule has 1 saturated heterocycles. The molecule has 0 aromatic heterocycles. The molecule has 0 saturated carbocycles. The highest BCUT2D eigenvalue weighted by molar-refractivity contribution is 7.92. The van der Waals surface area contributed by atoms with E-state index < -0.39 is 26.9 Å². The Labute approximate surface area is 162 Å². The van der Waals surface area contributed by atoms with E-state index in [1.807, 2.05) is 0 Å². The van der Waals surface area contributed by atoms with Gasteiger partial charge in [0.15, 0.2) is 9.84 Å². The second-order valence-electron chi connectivity index (χ2n) is 6.61. The molecule has 28 heavy (non-hydrogen) atoms. The van der Waals surface area contributed by atoms with E-state index in [0.29, 0.717) is 37.2 Å². The van der Waals surface area contributed by atoms with Crippen LogP contribution in [-0.4, -0.2) is 43.5 Å². The molecule has 148 valence electrons. The summed E-state index contributed by atoms with van der Waals surface area (Å²) < 4.78 is 43.4. The van der Waals surface area contributed by atoms with Crippen LogP contribution in [-0.2, 0) is 14.6 Å². The molecule has 0 unspecified atom stereocenters. The number of benzene rings is 2. The van der Waals surface area contributed by atoms with Crippen LogP contribution in [0.2, 0.25) is 0 Å². The Hall–Kier alpha value is -2.74. The van der Waals surface area contributed by atoms with Crippen molar-refractivity contribution in [2.75, 3.05) is 13.1 Å². The number of sulfone groups is 1. The van der Waals surface area contributed by atoms with Crippen LogP contribution < -0.4 is 4.74 Å². The number of likely N-dealkylation sites (tertiary alicyclic amines) is 1. The smallest absolute Gasteiger partial charge is 0.308 e. The summed E-state index contributed by atoms with van der Waals surface area (Å²) in [5.41, 5.74) is 0.441. The van der Waals surface area contributed by atoms with Gasteiger partial charge in [-0.05, 0) is 61.4 Å². The van der Waals surface area contributed by atoms with Crippen molar-refractivity contribution < 1.29 is 27.1 Å². The topological polar surface area (TPSA) is 80.8 Å². The number of hydrogen-bond acceptors (Lipinski definition) is 5. The largest absolute Gasteiger partial charge is 0.427 e. The van der Waals surface area contributed by atoms with Crippen LogP contribution >= 0.6 is 0 Å². The summed E-state index contributed by atoms with van der Waals surface area (Å²) in [6, 6.07) is 11.0. The Kier molecular flexibility index (Phi) is 5.79. The lowest BCUT2D eigenvalue weighted by Gasteiger charge is -2.31. The van der Waals surface area contributed by atoms with E-state index in [1.165, 1.54) is 19.1 Å². The molecule has 3 rings (SSSR count). The molecule has 2 aromatic rings. The summed E-state index contributed by atoms with van der Waals surface area (Å²) >= 11 is 0. The fourth-order valence-electron chi connectivity index (χ4n) is 3.20. The van der Waals surface area contributed by atoms with Crippen molar-refractivity contribution in [2.45, 2.75) is 29.9 Å². The van der Waals surface area contributed by atoms with Gasteiger partial charge in [0.25, 0.3) is 5.91 Å². The number of hydrogen-bond donors (Lipinski definition) is 0. The number of halogens is 1. The molecule has 0 radical (unpaired) electrons. The van der Waals surface area contributed by atoms with Crippen LogP contribution in [0.3, 0.4) is 0 Å². The molecule has 0 spiro atoms. The summed E-state index contributed by atoms with van der Waals surface area (Å²) in [5, 5.41) is -0.603. The average molecular weight is 405 g/mol. The van der Waals surface area contributed by atoms with Gasteiger partial charge in [0.2, 0.25) is 0 Å². The van der Waals surface area contributed by atoms with Crippen molar-refractivity contribution >= 4 is 21.7 Å². The van der Waals surface area contributed by atoms with Gasteiger partial charge in [0.1, 0.15) is 11.6 Å². The Morgan fingerprint density at radius 1 is 1.00 bits per heavy atom. The van der Waals surface area contributed by atoms with Crippen LogP contribution in [0.5, 0.6) is 5.75 Å². The van der Waals surface area contributed by atoms with E-state index >= 15 is 0 Å². The van der Waals surface area contributed by atoms with Crippen LogP contribution in [0.1, 0.15) is 30.1 Å². The zero-order valence-electron chi connectivity index (χ0n) is 15.3. The van der Waals surface area contributed by atoms with Gasteiger partial charge >= 0.3 is 5.97 Å². The van der Waals surface area contributed by atoms with Gasteiger partial charge in [0, 0.05) is 25.6 Å². The van der Waals surface area contributed by atoms with E-state index in [0.717, 1.165) is 12.1 Å². The quantitative estimate of drug-likeness (QED) is 0.444. The number of amides is 1. The minimum absolute atomic E-state index is 0.0970. The number of nitrogens with zero attached hydrogens (tertiary/aromatic N) is 1. The molecule has 0 bridgehead atoms. The highest BCUT2D eigenvalue weighted by Gasteiger charge is 2.33. The maximum absolute atomic E-state index is 13.0. The fraction of sp³-hybridized carbons (Fsp3) is 0.300. The maximum Gasteiger partial charge on any atom is 0.308 e. The van der Waals surface area contributed by atoms with Crippen molar-refractivity contribution in [3.63, 3.8) is 0 Å². The Balaban J connectivity index is 1.63. The molecular formula is C20H20FNO5S. The molecule has 1 aliphatic heterocycles. The molecule has 1 amide bonds. The van der Waals surface area contributed by atoms with E-state index in [2.05, 4.69) is 0 Å². The van der Waals surface area contributed by atoms with Crippen LogP contribution in [0.15, 0.2) is 53.4 Å². The Morgan fingerprint density at radius 2 is 1.57 bits per heavy atom. The van der Waals surface area contributed by atoms with Gasteiger partial charge < -0.3 is 9.64 Å². The third kappa shape index (κ3) is 4.39. The lowest BCUT2D eigenvalue weighted by Crippen LogP contribution is -2.42. The number of ether oxygens (including phenoxy) is 1. The normalized spacial score (nSPS) is 15.3. The van der Waals surface area contributed by atoms with Crippen LogP contribution in [0, 0.1) is 5.82 Å². The van der Waals surface area contributed by atoms with Gasteiger partial charge in [-0.3, -0.25) is 9.59 Å². The molecule has 1 fully saturated rings. The van der Waals surface area contributed by atoms with Crippen molar-refractivity contribution in [1.29, 1.82) is 0 Å². The SMILES string of the molecule is CC(=O)Oc1ccc(C(=O)N2CCC(S(=O)(=O)c3ccc(F)cc3)CC2)cc1. The van der Waals surface area contributed by atoms with E-state index in [-0.39, 0.29) is 10.8 Å². The summed E-state index contributed by atoms with van der Waals surface area (Å²) in [5.74, 6) is -0.775. The molecule has 0 atom stereocenters. The van der Waals surface area contributed by atoms with Crippen molar-refractivity contribution in [1.82, 2.24) is 4.90 Å². The second-order valence-corrected chi connectivity index (χ2v) is 8.84. The summed E-state index contributed by atoms with van der Waals surface area (Å²) in [6.45, 7) is 1.93. The summed E-state index contributed by atoms with van der Waals surface area (Å²) in [6.07, 6.45) is 0.633. The zero-order valence-corrected chi connectivity index (χ0v) is 16.1. The maximum atomic E-state index is 13.0. The second kappa shape index (κ2) is 8.10. The number of esters is 1. The predicted octanol–water partition coefficient (Wildman–Crippen LogP) is 2.83. The Bertz CT molecular complexity index is 963. The first-order chi connectivity index (χ1) is 13.3. The third-order valence-corrected chi connectivity index (χ3v) is 6.95. The fourth-order valence-corrected chi connectivity index (χ4v) is 4.93. The molecule has 6 nitrogen and oxygen atoms in total. The first-order valence-electron chi connectivity index (χ1n) is 8.84. The van der Waals surface area contributed by atoms with Crippen molar-refractivity contribution in [2.24, 2.45) is 0 Å². The first kappa shape index (κ1) is 20.0. The Morgan fingerprint density at radius 3 is 2.11 bits per heavy atom.